The van der Waals surface area contributed by atoms with Crippen LogP contribution in [0, 0.1) is 0 Å². The van der Waals surface area contributed by atoms with E-state index < -0.39 is 17.5 Å². The number of rotatable bonds is 2. The van der Waals surface area contributed by atoms with E-state index in [1.54, 1.807) is 0 Å². The number of hydrogen-bond acceptors (Lipinski definition) is 4. The molecule has 6 heteroatoms. The van der Waals surface area contributed by atoms with Gasteiger partial charge in [-0.05, 0) is 12.1 Å². The lowest BCUT2D eigenvalue weighted by Gasteiger charge is -1.96. The summed E-state index contributed by atoms with van der Waals surface area (Å²) in [5, 5.41) is 26.3. The van der Waals surface area contributed by atoms with Crippen LogP contribution in [-0.4, -0.2) is 21.3 Å². The van der Waals surface area contributed by atoms with Crippen LogP contribution in [0.25, 0.3) is 5.76 Å². The van der Waals surface area contributed by atoms with Crippen molar-refractivity contribution in [2.24, 2.45) is 0 Å². The molecule has 0 aliphatic heterocycles. The molecule has 1 rings (SSSR count). The van der Waals surface area contributed by atoms with Gasteiger partial charge in [0.15, 0.2) is 5.76 Å². The molecule has 4 nitrogen and oxygen atoms in total. The van der Waals surface area contributed by atoms with Crippen molar-refractivity contribution in [2.75, 3.05) is 0 Å². The van der Waals surface area contributed by atoms with Gasteiger partial charge < -0.3 is 15.3 Å². The van der Waals surface area contributed by atoms with E-state index in [1.165, 1.54) is 12.1 Å². The maximum atomic E-state index is 10.2. The number of hydrogen-bond donors (Lipinski definition) is 3. The van der Waals surface area contributed by atoms with Gasteiger partial charge in [-0.3, -0.25) is 0 Å². The van der Waals surface area contributed by atoms with Gasteiger partial charge in [0.25, 0.3) is 0 Å². The van der Waals surface area contributed by atoms with E-state index in [-0.39, 0.29) is 4.88 Å². The summed E-state index contributed by atoms with van der Waals surface area (Å²) in [6.45, 7) is 0. The summed E-state index contributed by atoms with van der Waals surface area (Å²) in [4.78, 5) is 10.4. The van der Waals surface area contributed by atoms with Gasteiger partial charge in [0, 0.05) is 0 Å². The number of aliphatic carboxylic acids is 1. The lowest BCUT2D eigenvalue weighted by Crippen LogP contribution is -2.02. The quantitative estimate of drug-likeness (QED) is 0.528. The predicted molar refractivity (Wildman–Crippen MR) is 49.1 cm³/mol. The molecular weight excluding hydrogens is 216 g/mol. The smallest absolute Gasteiger partial charge is 0.375 e. The van der Waals surface area contributed by atoms with Gasteiger partial charge in [0.1, 0.15) is 0 Å². The fourth-order valence-electron chi connectivity index (χ4n) is 0.660. The molecule has 70 valence electrons. The first-order valence-electron chi connectivity index (χ1n) is 3.13. The van der Waals surface area contributed by atoms with Gasteiger partial charge in [0.2, 0.25) is 5.76 Å². The molecule has 3 N–H and O–H groups in total. The van der Waals surface area contributed by atoms with Gasteiger partial charge in [-0.2, -0.15) is 0 Å². The van der Waals surface area contributed by atoms with E-state index in [0.717, 1.165) is 11.3 Å². The molecule has 0 atom stereocenters. The molecule has 0 fully saturated rings. The second-order valence-electron chi connectivity index (χ2n) is 2.11. The average Bonchev–Trinajstić information content (AvgIpc) is 2.49. The highest BCUT2D eigenvalue weighted by atomic mass is 35.5. The SMILES string of the molecule is O=C(O)C(O)=C(O)c1ccc(Cl)s1. The molecule has 0 aromatic carbocycles. The Morgan fingerprint density at radius 2 is 1.92 bits per heavy atom. The first-order valence-corrected chi connectivity index (χ1v) is 4.33. The number of carboxylic acid groups (broad SMARTS) is 1. The molecule has 0 amide bonds. The Morgan fingerprint density at radius 1 is 1.31 bits per heavy atom. The van der Waals surface area contributed by atoms with Gasteiger partial charge in [-0.15, -0.1) is 11.3 Å². The summed E-state index contributed by atoms with van der Waals surface area (Å²) < 4.78 is 0.403. The highest BCUT2D eigenvalue weighted by molar-refractivity contribution is 7.17. The van der Waals surface area contributed by atoms with Crippen LogP contribution in [0.3, 0.4) is 0 Å². The summed E-state index contributed by atoms with van der Waals surface area (Å²) >= 11 is 6.52. The summed E-state index contributed by atoms with van der Waals surface area (Å²) in [5.41, 5.74) is 0. The Labute approximate surface area is 82.3 Å². The first-order chi connectivity index (χ1) is 6.02. The lowest BCUT2D eigenvalue weighted by atomic mass is 10.3. The Morgan fingerprint density at radius 3 is 2.31 bits per heavy atom. The van der Waals surface area contributed by atoms with E-state index in [4.69, 9.17) is 21.8 Å². The molecule has 0 saturated carbocycles. The monoisotopic (exact) mass is 220 g/mol. The number of carbonyl (C=O) groups is 1. The van der Waals surface area contributed by atoms with Crippen molar-refractivity contribution in [1.82, 2.24) is 0 Å². The van der Waals surface area contributed by atoms with E-state index in [1.807, 2.05) is 0 Å². The molecule has 0 radical (unpaired) electrons. The van der Waals surface area contributed by atoms with Gasteiger partial charge in [0.05, 0.1) is 9.21 Å². The van der Waals surface area contributed by atoms with Gasteiger partial charge >= 0.3 is 5.97 Å². The number of thiophene rings is 1. The topological polar surface area (TPSA) is 77.8 Å². The van der Waals surface area contributed by atoms with Gasteiger partial charge in [-0.1, -0.05) is 11.6 Å². The maximum absolute atomic E-state index is 10.2. The van der Waals surface area contributed by atoms with Crippen LogP contribution in [0.4, 0.5) is 0 Å². The van der Waals surface area contributed by atoms with Crippen LogP contribution in [0.15, 0.2) is 17.9 Å². The van der Waals surface area contributed by atoms with Crippen molar-refractivity contribution in [3.05, 3.63) is 27.1 Å². The first kappa shape index (κ1) is 9.88. The Kier molecular flexibility index (Phi) is 2.79. The Hall–Kier alpha value is -1.20. The second kappa shape index (κ2) is 3.68. The third-order valence-electron chi connectivity index (χ3n) is 1.23. The van der Waals surface area contributed by atoms with Crippen molar-refractivity contribution < 1.29 is 20.1 Å². The van der Waals surface area contributed by atoms with E-state index in [0.29, 0.717) is 4.34 Å². The average molecular weight is 221 g/mol. The minimum atomic E-state index is -1.58. The van der Waals surface area contributed by atoms with E-state index >= 15 is 0 Å². The van der Waals surface area contributed by atoms with Crippen LogP contribution in [-0.2, 0) is 4.79 Å². The summed E-state index contributed by atoms with van der Waals surface area (Å²) in [7, 11) is 0. The molecule has 0 unspecified atom stereocenters. The molecule has 13 heavy (non-hydrogen) atoms. The Balaban J connectivity index is 3.09. The molecule has 1 aromatic rings. The van der Waals surface area contributed by atoms with Crippen molar-refractivity contribution >= 4 is 34.7 Å². The second-order valence-corrected chi connectivity index (χ2v) is 3.82. The van der Waals surface area contributed by atoms with Crippen LogP contribution < -0.4 is 0 Å². The zero-order valence-electron chi connectivity index (χ0n) is 6.19. The molecule has 0 aliphatic carbocycles. The van der Waals surface area contributed by atoms with Crippen LogP contribution >= 0.6 is 22.9 Å². The van der Waals surface area contributed by atoms with Crippen molar-refractivity contribution in [3.63, 3.8) is 0 Å². The molecule has 0 aliphatic rings. The molecule has 0 spiro atoms. The van der Waals surface area contributed by atoms with Crippen LogP contribution in [0.1, 0.15) is 4.88 Å². The summed E-state index contributed by atoms with van der Waals surface area (Å²) in [6.07, 6.45) is 0. The lowest BCUT2D eigenvalue weighted by molar-refractivity contribution is -0.135. The zero-order valence-corrected chi connectivity index (χ0v) is 7.76. The highest BCUT2D eigenvalue weighted by Gasteiger charge is 2.15. The number of carboxylic acids is 1. The third kappa shape index (κ3) is 2.13. The third-order valence-corrected chi connectivity index (χ3v) is 2.47. The van der Waals surface area contributed by atoms with Gasteiger partial charge in [-0.25, -0.2) is 4.79 Å². The summed E-state index contributed by atoms with van der Waals surface area (Å²) in [5.74, 6) is -3.34. The van der Waals surface area contributed by atoms with E-state index in [2.05, 4.69) is 0 Å². The predicted octanol–water partition coefficient (Wildman–Crippen LogP) is 2.27. The fourth-order valence-corrected chi connectivity index (χ4v) is 1.65. The molecular formula is C7H5ClO4S. The van der Waals surface area contributed by atoms with Crippen molar-refractivity contribution in [1.29, 1.82) is 0 Å². The molecule has 1 heterocycles. The maximum Gasteiger partial charge on any atom is 0.375 e. The van der Waals surface area contributed by atoms with E-state index in [9.17, 15) is 9.90 Å². The largest absolute Gasteiger partial charge is 0.503 e. The van der Waals surface area contributed by atoms with Crippen LogP contribution in [0.2, 0.25) is 4.34 Å². The fraction of sp³-hybridized carbons (Fsp3) is 0. The van der Waals surface area contributed by atoms with Crippen molar-refractivity contribution in [3.8, 4) is 0 Å². The van der Waals surface area contributed by atoms with Crippen LogP contribution in [0.5, 0.6) is 0 Å². The highest BCUT2D eigenvalue weighted by Crippen LogP contribution is 2.27. The number of aliphatic hydroxyl groups is 2. The summed E-state index contributed by atoms with van der Waals surface area (Å²) in [6, 6.07) is 2.91. The molecule has 0 bridgehead atoms. The van der Waals surface area contributed by atoms with Crippen molar-refractivity contribution in [2.45, 2.75) is 0 Å². The molecule has 0 saturated heterocycles. The number of aliphatic hydroxyl groups excluding tert-OH is 2. The number of halogens is 1. The standard InChI is InChI=1S/C7H5ClO4S/c8-4-2-1-3(13-4)5(9)6(10)7(11)12/h1-2,9-10H,(H,11,12). The minimum Gasteiger partial charge on any atom is -0.503 e. The minimum absolute atomic E-state index is 0.213. The zero-order chi connectivity index (χ0) is 10.0. The molecule has 1 aromatic heterocycles. The Bertz CT molecular complexity index is 368. The normalized spacial score (nSPS) is 12.4.